The maximum Gasteiger partial charge on any atom is 0.123 e. The van der Waals surface area contributed by atoms with Gasteiger partial charge in [0.05, 0.1) is 0 Å². The van der Waals surface area contributed by atoms with Crippen LogP contribution in [0, 0.1) is 6.92 Å². The number of unbranched alkanes of at least 4 members (excludes halogenated alkanes) is 1. The number of phenolic OH excluding ortho intramolecular Hbond substituents is 1. The molecule has 1 rings (SSSR count). The van der Waals surface area contributed by atoms with Crippen LogP contribution in [-0.2, 0) is 0 Å². The van der Waals surface area contributed by atoms with E-state index in [9.17, 15) is 5.11 Å². The predicted octanol–water partition coefficient (Wildman–Crippen LogP) is 3.31. The summed E-state index contributed by atoms with van der Waals surface area (Å²) in [5.41, 5.74) is 7.76. The molecule has 0 aliphatic rings. The lowest BCUT2D eigenvalue weighted by molar-refractivity contribution is 0.452. The van der Waals surface area contributed by atoms with E-state index in [1.165, 1.54) is 0 Å². The van der Waals surface area contributed by atoms with Gasteiger partial charge in [0, 0.05) is 11.6 Å². The fraction of sp³-hybridized carbons (Fsp3) is 0.500. The number of benzene rings is 1. The first-order valence-corrected chi connectivity index (χ1v) is 5.20. The highest BCUT2D eigenvalue weighted by Gasteiger charge is 2.10. The number of para-hydroxylation sites is 1. The van der Waals surface area contributed by atoms with E-state index < -0.39 is 0 Å². The van der Waals surface area contributed by atoms with Crippen LogP contribution < -0.4 is 5.73 Å². The summed E-state index contributed by atoms with van der Waals surface area (Å²) >= 11 is 0. The smallest absolute Gasteiger partial charge is 0.123 e. The van der Waals surface area contributed by atoms with E-state index in [2.05, 4.69) is 6.92 Å². The Morgan fingerprint density at radius 2 is 2.07 bits per heavy atom. The number of aromatic hydroxyl groups is 1. The van der Waals surface area contributed by atoms with Gasteiger partial charge in [-0.15, -0.1) is 12.4 Å². The average Bonchev–Trinajstić information content (AvgIpc) is 2.18. The lowest BCUT2D eigenvalue weighted by Gasteiger charge is -2.14. The number of hydrogen-bond donors (Lipinski definition) is 2. The van der Waals surface area contributed by atoms with E-state index in [0.717, 1.165) is 30.4 Å². The van der Waals surface area contributed by atoms with Crippen LogP contribution in [-0.4, -0.2) is 5.11 Å². The Morgan fingerprint density at radius 1 is 1.40 bits per heavy atom. The molecule has 15 heavy (non-hydrogen) atoms. The van der Waals surface area contributed by atoms with Crippen LogP contribution in [0.15, 0.2) is 18.2 Å². The van der Waals surface area contributed by atoms with Crippen LogP contribution in [0.4, 0.5) is 0 Å². The summed E-state index contributed by atoms with van der Waals surface area (Å²) in [6.07, 6.45) is 3.18. The van der Waals surface area contributed by atoms with Crippen molar-refractivity contribution in [2.45, 2.75) is 39.2 Å². The van der Waals surface area contributed by atoms with Gasteiger partial charge >= 0.3 is 0 Å². The maximum atomic E-state index is 9.79. The molecule has 1 aromatic rings. The molecular weight excluding hydrogens is 210 g/mol. The second kappa shape index (κ2) is 6.70. The summed E-state index contributed by atoms with van der Waals surface area (Å²) < 4.78 is 0. The van der Waals surface area contributed by atoms with Crippen molar-refractivity contribution in [1.82, 2.24) is 0 Å². The highest BCUT2D eigenvalue weighted by atomic mass is 35.5. The third-order valence-corrected chi connectivity index (χ3v) is 2.54. The van der Waals surface area contributed by atoms with Crippen LogP contribution in [0.1, 0.15) is 43.4 Å². The molecule has 3 N–H and O–H groups in total. The molecule has 0 saturated heterocycles. The molecule has 0 heterocycles. The highest BCUT2D eigenvalue weighted by Crippen LogP contribution is 2.28. The number of halogens is 1. The largest absolute Gasteiger partial charge is 0.507 e. The lowest BCUT2D eigenvalue weighted by Crippen LogP contribution is -2.10. The molecule has 0 radical (unpaired) electrons. The van der Waals surface area contributed by atoms with Gasteiger partial charge in [-0.1, -0.05) is 38.0 Å². The zero-order valence-electron chi connectivity index (χ0n) is 9.36. The zero-order valence-corrected chi connectivity index (χ0v) is 10.2. The Hall–Kier alpha value is -0.730. The minimum Gasteiger partial charge on any atom is -0.507 e. The van der Waals surface area contributed by atoms with Gasteiger partial charge in [-0.05, 0) is 18.9 Å². The zero-order chi connectivity index (χ0) is 10.6. The van der Waals surface area contributed by atoms with Crippen molar-refractivity contribution in [3.8, 4) is 5.75 Å². The molecule has 0 fully saturated rings. The van der Waals surface area contributed by atoms with Crippen molar-refractivity contribution in [2.24, 2.45) is 5.73 Å². The van der Waals surface area contributed by atoms with Gasteiger partial charge in [-0.2, -0.15) is 0 Å². The summed E-state index contributed by atoms with van der Waals surface area (Å²) in [6.45, 7) is 4.04. The van der Waals surface area contributed by atoms with Crippen molar-refractivity contribution in [3.05, 3.63) is 29.3 Å². The first kappa shape index (κ1) is 14.3. The predicted molar refractivity (Wildman–Crippen MR) is 66.5 cm³/mol. The molecule has 86 valence electrons. The third kappa shape index (κ3) is 3.73. The van der Waals surface area contributed by atoms with Crippen molar-refractivity contribution in [2.75, 3.05) is 0 Å². The van der Waals surface area contributed by atoms with E-state index in [1.807, 2.05) is 25.1 Å². The van der Waals surface area contributed by atoms with Gasteiger partial charge in [-0.25, -0.2) is 0 Å². The van der Waals surface area contributed by atoms with Crippen LogP contribution in [0.2, 0.25) is 0 Å². The molecule has 1 aromatic carbocycles. The van der Waals surface area contributed by atoms with Gasteiger partial charge in [-0.3, -0.25) is 0 Å². The second-order valence-corrected chi connectivity index (χ2v) is 3.76. The summed E-state index contributed by atoms with van der Waals surface area (Å²) in [4.78, 5) is 0. The lowest BCUT2D eigenvalue weighted by atomic mass is 9.99. The third-order valence-electron chi connectivity index (χ3n) is 2.54. The molecule has 0 saturated carbocycles. The van der Waals surface area contributed by atoms with Crippen LogP contribution >= 0.6 is 12.4 Å². The molecule has 0 aliphatic carbocycles. The normalized spacial score (nSPS) is 11.9. The van der Waals surface area contributed by atoms with E-state index >= 15 is 0 Å². The van der Waals surface area contributed by atoms with E-state index in [0.29, 0.717) is 5.75 Å². The molecule has 0 unspecified atom stereocenters. The summed E-state index contributed by atoms with van der Waals surface area (Å²) in [5.74, 6) is 0.358. The molecule has 3 heteroatoms. The van der Waals surface area contributed by atoms with Crippen LogP contribution in [0.5, 0.6) is 5.75 Å². The second-order valence-electron chi connectivity index (χ2n) is 3.76. The first-order chi connectivity index (χ1) is 6.66. The SMILES string of the molecule is CCCC[C@@H](N)c1cccc(C)c1O.Cl. The van der Waals surface area contributed by atoms with Gasteiger partial charge in [0.15, 0.2) is 0 Å². The van der Waals surface area contributed by atoms with Crippen LogP contribution in [0.25, 0.3) is 0 Å². The van der Waals surface area contributed by atoms with Crippen LogP contribution in [0.3, 0.4) is 0 Å². The summed E-state index contributed by atoms with van der Waals surface area (Å²) in [5, 5.41) is 9.79. The van der Waals surface area contributed by atoms with Crippen molar-refractivity contribution < 1.29 is 5.11 Å². The molecule has 0 spiro atoms. The van der Waals surface area contributed by atoms with Crippen molar-refractivity contribution >= 4 is 12.4 Å². The Labute approximate surface area is 97.9 Å². The fourth-order valence-corrected chi connectivity index (χ4v) is 1.56. The average molecular weight is 230 g/mol. The summed E-state index contributed by atoms with van der Waals surface area (Å²) in [7, 11) is 0. The minimum absolute atomic E-state index is 0. The minimum atomic E-state index is -0.0325. The fourth-order valence-electron chi connectivity index (χ4n) is 1.56. The molecule has 2 nitrogen and oxygen atoms in total. The van der Waals surface area contributed by atoms with Gasteiger partial charge in [0.25, 0.3) is 0 Å². The molecule has 0 aliphatic heterocycles. The van der Waals surface area contributed by atoms with E-state index in [1.54, 1.807) is 0 Å². The standard InChI is InChI=1S/C12H19NO.ClH/c1-3-4-8-11(13)10-7-5-6-9(2)12(10)14;/h5-7,11,14H,3-4,8,13H2,1-2H3;1H/t11-;/m1./s1. The van der Waals surface area contributed by atoms with Gasteiger partial charge < -0.3 is 10.8 Å². The monoisotopic (exact) mass is 229 g/mol. The van der Waals surface area contributed by atoms with Crippen molar-refractivity contribution in [3.63, 3.8) is 0 Å². The van der Waals surface area contributed by atoms with Crippen molar-refractivity contribution in [1.29, 1.82) is 0 Å². The van der Waals surface area contributed by atoms with Gasteiger partial charge in [0.1, 0.15) is 5.75 Å². The van der Waals surface area contributed by atoms with Gasteiger partial charge in [0.2, 0.25) is 0 Å². The first-order valence-electron chi connectivity index (χ1n) is 5.20. The Morgan fingerprint density at radius 3 is 2.67 bits per heavy atom. The number of hydrogen-bond acceptors (Lipinski definition) is 2. The molecule has 1 atom stereocenters. The Balaban J connectivity index is 0.00000196. The number of phenols is 1. The molecule has 0 amide bonds. The number of nitrogens with two attached hydrogens (primary N) is 1. The topological polar surface area (TPSA) is 46.2 Å². The molecule has 0 aromatic heterocycles. The highest BCUT2D eigenvalue weighted by molar-refractivity contribution is 5.85. The summed E-state index contributed by atoms with van der Waals surface area (Å²) in [6, 6.07) is 5.71. The Bertz CT molecular complexity index is 302. The number of aryl methyl sites for hydroxylation is 1. The maximum absolute atomic E-state index is 9.79. The Kier molecular flexibility index (Phi) is 6.37. The van der Waals surface area contributed by atoms with E-state index in [4.69, 9.17) is 5.73 Å². The quantitative estimate of drug-likeness (QED) is 0.832. The molecular formula is C12H20ClNO. The molecule has 0 bridgehead atoms. The van der Waals surface area contributed by atoms with E-state index in [-0.39, 0.29) is 18.4 Å². The number of rotatable bonds is 4.